The van der Waals surface area contributed by atoms with Gasteiger partial charge in [0.05, 0.1) is 24.6 Å². The highest BCUT2D eigenvalue weighted by atomic mass is 35.5. The number of halogens is 1. The first-order valence-corrected chi connectivity index (χ1v) is 5.46. The zero-order chi connectivity index (χ0) is 18.9. The van der Waals surface area contributed by atoms with E-state index in [-0.39, 0.29) is 0 Å². The number of nitro groups is 5. The predicted molar refractivity (Wildman–Crippen MR) is 69.9 cm³/mol. The van der Waals surface area contributed by atoms with Gasteiger partial charge in [0.1, 0.15) is 0 Å². The summed E-state index contributed by atoms with van der Waals surface area (Å²) in [6.07, 6.45) is 0. The Balaban J connectivity index is 4.50. The van der Waals surface area contributed by atoms with Gasteiger partial charge < -0.3 is 0 Å². The van der Waals surface area contributed by atoms with Crippen molar-refractivity contribution in [2.75, 3.05) is 0 Å². The maximum absolute atomic E-state index is 11.3. The predicted octanol–water partition coefficient (Wildman–Crippen LogP) is 1.61. The van der Waals surface area contributed by atoms with Crippen molar-refractivity contribution in [3.8, 4) is 0 Å². The smallest absolute Gasteiger partial charge is 0.275 e. The molecule has 0 unspecified atom stereocenters. The Bertz CT molecular complexity index is 650. The Kier molecular flexibility index (Phi) is 4.65. The van der Waals surface area contributed by atoms with Gasteiger partial charge in [0.2, 0.25) is 5.56 Å². The molecule has 0 bridgehead atoms. The Morgan fingerprint density at radius 2 is 0.792 bits per heavy atom. The summed E-state index contributed by atoms with van der Waals surface area (Å²) in [5.74, 6) is 0. The molecule has 0 saturated heterocycles. The molecule has 0 aliphatic rings. The summed E-state index contributed by atoms with van der Waals surface area (Å²) in [5, 5.41) is 52.7. The van der Waals surface area contributed by atoms with E-state index in [1.807, 2.05) is 0 Å². The summed E-state index contributed by atoms with van der Waals surface area (Å²) in [6, 6.07) is 0. The molecule has 0 N–H and O–H groups in total. The van der Waals surface area contributed by atoms with Gasteiger partial charge in [-0.05, 0) is 11.6 Å². The van der Waals surface area contributed by atoms with Crippen molar-refractivity contribution in [3.63, 3.8) is 0 Å². The lowest BCUT2D eigenvalue weighted by atomic mass is 10.1. The van der Waals surface area contributed by atoms with Gasteiger partial charge >= 0.3 is 28.4 Å². The summed E-state index contributed by atoms with van der Waals surface area (Å²) in [4.78, 5) is 57.3. The average Bonchev–Trinajstić information content (AvgIpc) is 2.42. The van der Waals surface area contributed by atoms with Crippen LogP contribution in [-0.4, -0.2) is 29.9 Å². The van der Waals surface area contributed by atoms with Crippen LogP contribution in [0, 0.1) is 50.6 Å². The molecule has 0 heterocycles. The fourth-order valence-corrected chi connectivity index (χ4v) is 1.92. The summed E-state index contributed by atoms with van der Waals surface area (Å²) in [6.45, 7) is 0. The highest BCUT2D eigenvalue weighted by molar-refractivity contribution is 6.68. The van der Waals surface area contributed by atoms with Crippen molar-refractivity contribution in [1.29, 1.82) is 0 Å². The van der Waals surface area contributed by atoms with Crippen LogP contribution in [0.2, 0.25) is 0 Å². The largest absolute Gasteiger partial charge is 0.437 e. The third kappa shape index (κ3) is 2.75. The molecule has 0 aliphatic carbocycles. The fraction of sp³-hybridized carbons (Fsp3) is 0. The monoisotopic (exact) mass is 365 g/mol. The number of benzene rings is 1. The summed E-state index contributed by atoms with van der Waals surface area (Å²) < 4.78 is 0. The van der Waals surface area contributed by atoms with E-state index < -0.39 is 63.9 Å². The van der Waals surface area contributed by atoms with E-state index in [1.54, 1.807) is 0 Å². The molecule has 24 heavy (non-hydrogen) atoms. The number of hydrogen-bond acceptors (Lipinski definition) is 11. The van der Waals surface area contributed by atoms with E-state index in [9.17, 15) is 55.4 Å². The van der Waals surface area contributed by atoms with Crippen molar-refractivity contribution in [2.24, 2.45) is 0 Å². The van der Waals surface area contributed by atoms with Gasteiger partial charge in [0, 0.05) is 0 Å². The Hall–Kier alpha value is -3.82. The molecule has 0 aliphatic heterocycles. The first-order valence-electron chi connectivity index (χ1n) is 5.09. The SMILES string of the molecule is O=C(Cl)c1c([N+](=O)[O-])c([N+](=O)[O-])c([N+](=O)[O-])c([N+](=O)[O-])c1[N+](=O)[O-]. The highest BCUT2D eigenvalue weighted by Crippen LogP contribution is 2.51. The van der Waals surface area contributed by atoms with Crippen molar-refractivity contribution < 1.29 is 29.4 Å². The van der Waals surface area contributed by atoms with Crippen LogP contribution in [-0.2, 0) is 0 Å². The lowest BCUT2D eigenvalue weighted by Crippen LogP contribution is -2.12. The van der Waals surface area contributed by atoms with Gasteiger partial charge in [-0.25, -0.2) is 0 Å². The third-order valence-electron chi connectivity index (χ3n) is 2.48. The van der Waals surface area contributed by atoms with E-state index in [2.05, 4.69) is 0 Å². The minimum absolute atomic E-state index is 1.71. The molecule has 0 spiro atoms. The molecule has 0 atom stereocenters. The number of hydrogen-bond donors (Lipinski definition) is 0. The molecule has 1 aromatic carbocycles. The molecule has 0 aromatic heterocycles. The highest BCUT2D eigenvalue weighted by Gasteiger charge is 2.55. The molecular formula is C7ClN5O11. The number of carbonyl (C=O) groups excluding carboxylic acids is 1. The van der Waals surface area contributed by atoms with E-state index in [0.29, 0.717) is 0 Å². The van der Waals surface area contributed by atoms with E-state index >= 15 is 0 Å². The van der Waals surface area contributed by atoms with Crippen LogP contribution < -0.4 is 0 Å². The number of carbonyl (C=O) groups is 1. The number of nitro benzene ring substituents is 5. The van der Waals surface area contributed by atoms with Gasteiger partial charge in [0.25, 0.3) is 5.24 Å². The molecule has 1 aromatic rings. The standard InChI is InChI=1S/C7ClN5O11/c8-7(14)1-2(9(15)16)4(11(19)20)6(13(23)24)5(12(21)22)3(1)10(17)18. The van der Waals surface area contributed by atoms with Crippen LogP contribution >= 0.6 is 11.6 Å². The topological polar surface area (TPSA) is 233 Å². The van der Waals surface area contributed by atoms with E-state index in [1.165, 1.54) is 0 Å². The lowest BCUT2D eigenvalue weighted by molar-refractivity contribution is -0.460. The van der Waals surface area contributed by atoms with E-state index in [0.717, 1.165) is 0 Å². The minimum atomic E-state index is -2.12. The Labute approximate surface area is 132 Å². The molecule has 0 fully saturated rings. The maximum atomic E-state index is 11.3. The molecule has 0 saturated carbocycles. The van der Waals surface area contributed by atoms with Gasteiger partial charge in [-0.2, -0.15) is 0 Å². The normalized spacial score (nSPS) is 10.0. The quantitative estimate of drug-likeness (QED) is 0.398. The molecule has 1 rings (SSSR count). The Morgan fingerprint density at radius 1 is 0.583 bits per heavy atom. The van der Waals surface area contributed by atoms with E-state index in [4.69, 9.17) is 11.6 Å². The second-order valence-electron chi connectivity index (χ2n) is 3.68. The molecular weight excluding hydrogens is 366 g/mol. The summed E-state index contributed by atoms with van der Waals surface area (Å²) in [7, 11) is 0. The third-order valence-corrected chi connectivity index (χ3v) is 2.67. The van der Waals surface area contributed by atoms with Crippen LogP contribution in [0.1, 0.15) is 10.4 Å². The lowest BCUT2D eigenvalue weighted by Gasteiger charge is -2.03. The first kappa shape index (κ1) is 18.2. The number of nitrogens with zero attached hydrogens (tertiary/aromatic N) is 5. The first-order chi connectivity index (χ1) is 10.9. The number of rotatable bonds is 6. The molecule has 17 heteroatoms. The van der Waals surface area contributed by atoms with Crippen molar-refractivity contribution in [2.45, 2.75) is 0 Å². The van der Waals surface area contributed by atoms with Gasteiger partial charge in [0.15, 0.2) is 0 Å². The van der Waals surface area contributed by atoms with Crippen LogP contribution in [0.3, 0.4) is 0 Å². The average molecular weight is 366 g/mol. The summed E-state index contributed by atoms with van der Waals surface area (Å²) in [5.41, 5.74) is -12.1. The molecule has 0 radical (unpaired) electrons. The van der Waals surface area contributed by atoms with Crippen molar-refractivity contribution in [1.82, 2.24) is 0 Å². The van der Waals surface area contributed by atoms with Crippen molar-refractivity contribution in [3.05, 3.63) is 56.1 Å². The molecule has 0 amide bonds. The van der Waals surface area contributed by atoms with Crippen LogP contribution in [0.15, 0.2) is 0 Å². The van der Waals surface area contributed by atoms with Gasteiger partial charge in [-0.15, -0.1) is 0 Å². The molecule has 16 nitrogen and oxygen atoms in total. The second-order valence-corrected chi connectivity index (χ2v) is 4.02. The minimum Gasteiger partial charge on any atom is -0.275 e. The fourth-order valence-electron chi connectivity index (χ4n) is 1.75. The summed E-state index contributed by atoms with van der Waals surface area (Å²) >= 11 is 4.92. The van der Waals surface area contributed by atoms with Gasteiger partial charge in [-0.1, -0.05) is 0 Å². The van der Waals surface area contributed by atoms with Crippen LogP contribution in [0.4, 0.5) is 28.4 Å². The second kappa shape index (κ2) is 6.12. The molecule has 126 valence electrons. The zero-order valence-electron chi connectivity index (χ0n) is 10.6. The Morgan fingerprint density at radius 3 is 0.958 bits per heavy atom. The van der Waals surface area contributed by atoms with Gasteiger partial charge in [-0.3, -0.25) is 55.4 Å². The maximum Gasteiger partial charge on any atom is 0.437 e. The zero-order valence-corrected chi connectivity index (χ0v) is 11.4. The van der Waals surface area contributed by atoms with Crippen LogP contribution in [0.5, 0.6) is 0 Å². The van der Waals surface area contributed by atoms with Crippen LogP contribution in [0.25, 0.3) is 0 Å². The van der Waals surface area contributed by atoms with Crippen molar-refractivity contribution >= 4 is 45.3 Å².